The number of nitrogens with one attached hydrogen (secondary N) is 2. The monoisotopic (exact) mass is 340 g/mol. The van der Waals surface area contributed by atoms with E-state index in [1.807, 2.05) is 30.3 Å². The topological polar surface area (TPSA) is 71.3 Å². The zero-order chi connectivity index (χ0) is 17.8. The third-order valence-electron chi connectivity index (χ3n) is 3.66. The van der Waals surface area contributed by atoms with Crippen LogP contribution in [-0.2, 0) is 11.2 Å². The van der Waals surface area contributed by atoms with E-state index in [0.717, 1.165) is 22.8 Å². The standard InChI is InChI=1S/C19H17FN2O3/c1-12(23)22-14-6-7-17(20)16(11-14)19(24)21-9-8-15-10-13-4-2-3-5-18(13)25-15/h2-7,10-11H,8-9H2,1H3,(H,21,24)(H,22,23). The second-order valence-corrected chi connectivity index (χ2v) is 5.63. The lowest BCUT2D eigenvalue weighted by molar-refractivity contribution is -0.114. The molecule has 0 aliphatic carbocycles. The molecule has 1 heterocycles. The maximum absolute atomic E-state index is 13.9. The van der Waals surface area contributed by atoms with Crippen LogP contribution in [0.25, 0.3) is 11.0 Å². The molecular formula is C19H17FN2O3. The van der Waals surface area contributed by atoms with Gasteiger partial charge in [0.15, 0.2) is 0 Å². The minimum atomic E-state index is -0.643. The number of carbonyl (C=O) groups excluding carboxylic acids is 2. The largest absolute Gasteiger partial charge is 0.461 e. The molecule has 0 atom stereocenters. The van der Waals surface area contributed by atoms with Gasteiger partial charge in [0.05, 0.1) is 5.56 Å². The quantitative estimate of drug-likeness (QED) is 0.747. The molecule has 0 saturated carbocycles. The number of carbonyl (C=O) groups is 2. The molecule has 2 N–H and O–H groups in total. The van der Waals surface area contributed by atoms with Gasteiger partial charge >= 0.3 is 0 Å². The van der Waals surface area contributed by atoms with E-state index < -0.39 is 11.7 Å². The summed E-state index contributed by atoms with van der Waals surface area (Å²) < 4.78 is 19.5. The van der Waals surface area contributed by atoms with Crippen molar-refractivity contribution in [2.75, 3.05) is 11.9 Å². The molecule has 0 fully saturated rings. The Hall–Kier alpha value is -3.15. The molecule has 25 heavy (non-hydrogen) atoms. The summed E-state index contributed by atoms with van der Waals surface area (Å²) >= 11 is 0. The van der Waals surface area contributed by atoms with Crippen molar-refractivity contribution in [2.24, 2.45) is 0 Å². The first-order valence-corrected chi connectivity index (χ1v) is 7.86. The zero-order valence-corrected chi connectivity index (χ0v) is 13.6. The molecule has 2 aromatic carbocycles. The lowest BCUT2D eigenvalue weighted by Gasteiger charge is -2.08. The predicted octanol–water partition coefficient (Wildman–Crippen LogP) is 3.50. The van der Waals surface area contributed by atoms with Gasteiger partial charge in [-0.05, 0) is 30.3 Å². The molecule has 0 saturated heterocycles. The normalized spacial score (nSPS) is 10.6. The molecule has 0 radical (unpaired) electrons. The fourth-order valence-electron chi connectivity index (χ4n) is 2.53. The van der Waals surface area contributed by atoms with Crippen LogP contribution in [0.5, 0.6) is 0 Å². The van der Waals surface area contributed by atoms with Crippen LogP contribution in [0.15, 0.2) is 52.9 Å². The van der Waals surface area contributed by atoms with Gasteiger partial charge in [-0.2, -0.15) is 0 Å². The van der Waals surface area contributed by atoms with Gasteiger partial charge in [0.2, 0.25) is 5.91 Å². The highest BCUT2D eigenvalue weighted by atomic mass is 19.1. The van der Waals surface area contributed by atoms with Gasteiger partial charge in [-0.3, -0.25) is 9.59 Å². The summed E-state index contributed by atoms with van der Waals surface area (Å²) in [6, 6.07) is 13.4. The maximum atomic E-state index is 13.9. The summed E-state index contributed by atoms with van der Waals surface area (Å²) in [5.74, 6) is -0.729. The van der Waals surface area contributed by atoms with Crippen molar-refractivity contribution in [3.8, 4) is 0 Å². The van der Waals surface area contributed by atoms with Crippen LogP contribution < -0.4 is 10.6 Å². The summed E-state index contributed by atoms with van der Waals surface area (Å²) in [5, 5.41) is 6.18. The number of anilines is 1. The highest BCUT2D eigenvalue weighted by molar-refractivity contribution is 5.97. The summed E-state index contributed by atoms with van der Waals surface area (Å²) in [7, 11) is 0. The predicted molar refractivity (Wildman–Crippen MR) is 93.0 cm³/mol. The summed E-state index contributed by atoms with van der Waals surface area (Å²) in [5.41, 5.74) is 1.05. The van der Waals surface area contributed by atoms with Crippen LogP contribution in [-0.4, -0.2) is 18.4 Å². The van der Waals surface area contributed by atoms with Gasteiger partial charge in [0.25, 0.3) is 5.91 Å². The Morgan fingerprint density at radius 3 is 2.68 bits per heavy atom. The van der Waals surface area contributed by atoms with Crippen molar-refractivity contribution in [3.05, 3.63) is 65.7 Å². The minimum absolute atomic E-state index is 0.115. The van der Waals surface area contributed by atoms with Gasteiger partial charge in [0.1, 0.15) is 17.2 Å². The average Bonchev–Trinajstić information content (AvgIpc) is 2.98. The Morgan fingerprint density at radius 2 is 1.92 bits per heavy atom. The third kappa shape index (κ3) is 4.03. The van der Waals surface area contributed by atoms with E-state index in [2.05, 4.69) is 10.6 Å². The lowest BCUT2D eigenvalue weighted by atomic mass is 10.1. The number of para-hydroxylation sites is 1. The fourth-order valence-corrected chi connectivity index (χ4v) is 2.53. The van der Waals surface area contributed by atoms with Crippen molar-refractivity contribution < 1.29 is 18.4 Å². The molecule has 0 spiro atoms. The first-order chi connectivity index (χ1) is 12.0. The molecule has 6 heteroatoms. The Bertz CT molecular complexity index is 900. The van der Waals surface area contributed by atoms with E-state index >= 15 is 0 Å². The minimum Gasteiger partial charge on any atom is -0.461 e. The molecular weight excluding hydrogens is 323 g/mol. The second kappa shape index (κ2) is 7.17. The van der Waals surface area contributed by atoms with Crippen molar-refractivity contribution >= 4 is 28.5 Å². The summed E-state index contributed by atoms with van der Waals surface area (Å²) in [6.07, 6.45) is 0.493. The van der Waals surface area contributed by atoms with Gasteiger partial charge in [-0.15, -0.1) is 0 Å². The molecule has 1 aromatic heterocycles. The van der Waals surface area contributed by atoms with E-state index in [4.69, 9.17) is 4.42 Å². The Morgan fingerprint density at radius 1 is 1.12 bits per heavy atom. The van der Waals surface area contributed by atoms with Gasteiger partial charge in [-0.25, -0.2) is 4.39 Å². The highest BCUT2D eigenvalue weighted by Gasteiger charge is 2.13. The maximum Gasteiger partial charge on any atom is 0.254 e. The zero-order valence-electron chi connectivity index (χ0n) is 13.6. The molecule has 3 rings (SSSR count). The van der Waals surface area contributed by atoms with Crippen molar-refractivity contribution in [2.45, 2.75) is 13.3 Å². The smallest absolute Gasteiger partial charge is 0.254 e. The summed E-state index contributed by atoms with van der Waals surface area (Å²) in [6.45, 7) is 1.65. The van der Waals surface area contributed by atoms with Crippen LogP contribution in [0.3, 0.4) is 0 Å². The lowest BCUT2D eigenvalue weighted by Crippen LogP contribution is -2.26. The molecule has 128 valence electrons. The van der Waals surface area contributed by atoms with Gasteiger partial charge < -0.3 is 15.1 Å². The molecule has 0 bridgehead atoms. The van der Waals surface area contributed by atoms with Crippen LogP contribution >= 0.6 is 0 Å². The molecule has 5 nitrogen and oxygen atoms in total. The third-order valence-corrected chi connectivity index (χ3v) is 3.66. The molecule has 3 aromatic rings. The van der Waals surface area contributed by atoms with E-state index in [-0.39, 0.29) is 11.5 Å². The Labute approximate surface area is 143 Å². The fraction of sp³-hybridized carbons (Fsp3) is 0.158. The number of amides is 2. The van der Waals surface area contributed by atoms with Gasteiger partial charge in [0, 0.05) is 31.0 Å². The van der Waals surface area contributed by atoms with E-state index in [9.17, 15) is 14.0 Å². The number of fused-ring (bicyclic) bond motifs is 1. The second-order valence-electron chi connectivity index (χ2n) is 5.63. The summed E-state index contributed by atoms with van der Waals surface area (Å²) in [4.78, 5) is 23.2. The van der Waals surface area contributed by atoms with E-state index in [1.54, 1.807) is 0 Å². The van der Waals surface area contributed by atoms with E-state index in [1.165, 1.54) is 19.1 Å². The first kappa shape index (κ1) is 16.7. The SMILES string of the molecule is CC(=O)Nc1ccc(F)c(C(=O)NCCc2cc3ccccc3o2)c1. The van der Waals surface area contributed by atoms with Crippen LogP contribution in [0.4, 0.5) is 10.1 Å². The number of halogens is 1. The van der Waals surface area contributed by atoms with Crippen molar-refractivity contribution in [1.29, 1.82) is 0 Å². The number of benzene rings is 2. The van der Waals surface area contributed by atoms with Gasteiger partial charge in [-0.1, -0.05) is 18.2 Å². The van der Waals surface area contributed by atoms with Crippen LogP contribution in [0, 0.1) is 5.82 Å². The average molecular weight is 340 g/mol. The van der Waals surface area contributed by atoms with Crippen LogP contribution in [0.1, 0.15) is 23.0 Å². The Balaban J connectivity index is 1.63. The molecule has 0 unspecified atom stereocenters. The number of hydrogen-bond acceptors (Lipinski definition) is 3. The number of rotatable bonds is 5. The highest BCUT2D eigenvalue weighted by Crippen LogP contribution is 2.19. The first-order valence-electron chi connectivity index (χ1n) is 7.86. The van der Waals surface area contributed by atoms with Crippen molar-refractivity contribution in [3.63, 3.8) is 0 Å². The number of hydrogen-bond donors (Lipinski definition) is 2. The molecule has 0 aliphatic heterocycles. The van der Waals surface area contributed by atoms with Crippen molar-refractivity contribution in [1.82, 2.24) is 5.32 Å². The van der Waals surface area contributed by atoms with Crippen LogP contribution in [0.2, 0.25) is 0 Å². The Kier molecular flexibility index (Phi) is 4.79. The number of furan rings is 1. The molecule has 2 amide bonds. The van der Waals surface area contributed by atoms with E-state index in [0.29, 0.717) is 18.7 Å². The molecule has 0 aliphatic rings.